The Bertz CT molecular complexity index is 519. The Morgan fingerprint density at radius 1 is 1.25 bits per heavy atom. The van der Waals surface area contributed by atoms with Crippen LogP contribution in [-0.4, -0.2) is 27.6 Å². The van der Waals surface area contributed by atoms with E-state index in [1.54, 1.807) is 0 Å². The first kappa shape index (κ1) is 14.5. The predicted octanol–water partition coefficient (Wildman–Crippen LogP) is 2.22. The van der Waals surface area contributed by atoms with E-state index in [-0.39, 0.29) is 0 Å². The molecule has 0 bridgehead atoms. The van der Waals surface area contributed by atoms with E-state index in [9.17, 15) is 0 Å². The number of hydrogen-bond donors (Lipinski definition) is 1. The van der Waals surface area contributed by atoms with Crippen LogP contribution in [0.15, 0.2) is 30.5 Å². The van der Waals surface area contributed by atoms with Gasteiger partial charge >= 0.3 is 0 Å². The molecule has 0 aliphatic carbocycles. The second kappa shape index (κ2) is 7.05. The van der Waals surface area contributed by atoms with Gasteiger partial charge in [0.1, 0.15) is 5.75 Å². The molecule has 1 aromatic carbocycles. The van der Waals surface area contributed by atoms with Gasteiger partial charge in [-0.25, -0.2) is 4.68 Å². The van der Waals surface area contributed by atoms with Gasteiger partial charge in [0.15, 0.2) is 0 Å². The molecule has 1 N–H and O–H groups in total. The third-order valence-corrected chi connectivity index (χ3v) is 2.86. The van der Waals surface area contributed by atoms with Gasteiger partial charge in [-0.15, -0.1) is 5.10 Å². The summed E-state index contributed by atoms with van der Waals surface area (Å²) in [5.41, 5.74) is 2.14. The minimum atomic E-state index is 0.450. The highest BCUT2D eigenvalue weighted by Gasteiger charge is 2.03. The minimum Gasteiger partial charge on any atom is -0.494 e. The predicted molar refractivity (Wildman–Crippen MR) is 78.7 cm³/mol. The smallest absolute Gasteiger partial charge is 0.119 e. The van der Waals surface area contributed by atoms with Crippen molar-refractivity contribution in [3.05, 3.63) is 41.7 Å². The average molecular weight is 274 g/mol. The lowest BCUT2D eigenvalue weighted by Crippen LogP contribution is -2.21. The van der Waals surface area contributed by atoms with Crippen LogP contribution in [-0.2, 0) is 13.1 Å². The number of aromatic nitrogens is 3. The third kappa shape index (κ3) is 4.35. The normalized spacial score (nSPS) is 11.0. The second-order valence-corrected chi connectivity index (χ2v) is 5.02. The Morgan fingerprint density at radius 3 is 2.65 bits per heavy atom. The molecule has 5 nitrogen and oxygen atoms in total. The van der Waals surface area contributed by atoms with Gasteiger partial charge in [0.05, 0.1) is 25.0 Å². The summed E-state index contributed by atoms with van der Waals surface area (Å²) in [5.74, 6) is 0.900. The first-order valence-corrected chi connectivity index (χ1v) is 7.01. The fraction of sp³-hybridized carbons (Fsp3) is 0.467. The molecular formula is C15H22N4O. The monoisotopic (exact) mass is 274 g/mol. The first-order chi connectivity index (χ1) is 9.67. The van der Waals surface area contributed by atoms with Crippen LogP contribution in [0.1, 0.15) is 32.0 Å². The van der Waals surface area contributed by atoms with E-state index in [0.717, 1.165) is 24.5 Å². The number of nitrogens with zero attached hydrogens (tertiary/aromatic N) is 3. The zero-order valence-electron chi connectivity index (χ0n) is 12.3. The van der Waals surface area contributed by atoms with Crippen molar-refractivity contribution in [3.63, 3.8) is 0 Å². The van der Waals surface area contributed by atoms with Crippen LogP contribution in [0.3, 0.4) is 0 Å². The molecule has 108 valence electrons. The Balaban J connectivity index is 1.92. The molecule has 2 aromatic rings. The van der Waals surface area contributed by atoms with Gasteiger partial charge in [-0.05, 0) is 24.6 Å². The summed E-state index contributed by atoms with van der Waals surface area (Å²) in [6.07, 6.45) is 1.98. The van der Waals surface area contributed by atoms with Crippen molar-refractivity contribution in [1.29, 1.82) is 0 Å². The number of ether oxygens (including phenoxy) is 1. The number of rotatable bonds is 7. The molecule has 0 amide bonds. The molecule has 2 rings (SSSR count). The van der Waals surface area contributed by atoms with Gasteiger partial charge in [-0.2, -0.15) is 0 Å². The van der Waals surface area contributed by atoms with Crippen LogP contribution in [0.2, 0.25) is 0 Å². The van der Waals surface area contributed by atoms with Crippen molar-refractivity contribution in [2.45, 2.75) is 39.9 Å². The molecule has 0 spiro atoms. The molecule has 0 unspecified atom stereocenters. The SMILES string of the molecule is CCOc1ccc(Cn2cc(CNC(C)C)nn2)cc1. The quantitative estimate of drug-likeness (QED) is 0.841. The zero-order chi connectivity index (χ0) is 14.4. The van der Waals surface area contributed by atoms with Gasteiger partial charge < -0.3 is 10.1 Å². The number of benzene rings is 1. The van der Waals surface area contributed by atoms with Gasteiger partial charge in [-0.3, -0.25) is 0 Å². The molecule has 0 aliphatic rings. The Hall–Kier alpha value is -1.88. The van der Waals surface area contributed by atoms with Crippen molar-refractivity contribution in [2.75, 3.05) is 6.61 Å². The van der Waals surface area contributed by atoms with Crippen molar-refractivity contribution < 1.29 is 4.74 Å². The van der Waals surface area contributed by atoms with E-state index in [1.807, 2.05) is 29.9 Å². The summed E-state index contributed by atoms with van der Waals surface area (Å²) >= 11 is 0. The molecule has 0 atom stereocenters. The third-order valence-electron chi connectivity index (χ3n) is 2.86. The highest BCUT2D eigenvalue weighted by atomic mass is 16.5. The highest BCUT2D eigenvalue weighted by Crippen LogP contribution is 2.12. The molecule has 0 saturated carbocycles. The Kier molecular flexibility index (Phi) is 5.12. The van der Waals surface area contributed by atoms with E-state index in [0.29, 0.717) is 12.6 Å². The van der Waals surface area contributed by atoms with Gasteiger partial charge in [0.2, 0.25) is 0 Å². The molecule has 1 aromatic heterocycles. The fourth-order valence-electron chi connectivity index (χ4n) is 1.85. The van der Waals surface area contributed by atoms with Crippen molar-refractivity contribution in [3.8, 4) is 5.75 Å². The summed E-state index contributed by atoms with van der Waals surface area (Å²) in [5, 5.41) is 11.6. The molecule has 20 heavy (non-hydrogen) atoms. The molecule has 0 saturated heterocycles. The van der Waals surface area contributed by atoms with E-state index in [4.69, 9.17) is 4.74 Å². The standard InChI is InChI=1S/C15H22N4O/c1-4-20-15-7-5-13(6-8-15)10-19-11-14(17-18-19)9-16-12(2)3/h5-8,11-12,16H,4,9-10H2,1-3H3. The molecule has 5 heteroatoms. The second-order valence-electron chi connectivity index (χ2n) is 5.02. The molecular weight excluding hydrogens is 252 g/mol. The van der Waals surface area contributed by atoms with Crippen LogP contribution in [0, 0.1) is 0 Å². The van der Waals surface area contributed by atoms with Crippen molar-refractivity contribution in [2.24, 2.45) is 0 Å². The van der Waals surface area contributed by atoms with Crippen LogP contribution < -0.4 is 10.1 Å². The molecule has 0 fully saturated rings. The Labute approximate surface area is 120 Å². The van der Waals surface area contributed by atoms with E-state index >= 15 is 0 Å². The van der Waals surface area contributed by atoms with E-state index in [2.05, 4.69) is 41.6 Å². The van der Waals surface area contributed by atoms with Gasteiger partial charge in [0.25, 0.3) is 0 Å². The van der Waals surface area contributed by atoms with Crippen LogP contribution in [0.5, 0.6) is 5.75 Å². The fourth-order valence-corrected chi connectivity index (χ4v) is 1.85. The van der Waals surface area contributed by atoms with Crippen molar-refractivity contribution >= 4 is 0 Å². The highest BCUT2D eigenvalue weighted by molar-refractivity contribution is 5.27. The largest absolute Gasteiger partial charge is 0.494 e. The molecule has 1 heterocycles. The number of nitrogens with one attached hydrogen (secondary N) is 1. The van der Waals surface area contributed by atoms with E-state index in [1.165, 1.54) is 5.56 Å². The molecule has 0 radical (unpaired) electrons. The summed E-state index contributed by atoms with van der Waals surface area (Å²) in [6, 6.07) is 8.53. The maximum atomic E-state index is 5.43. The maximum absolute atomic E-state index is 5.43. The van der Waals surface area contributed by atoms with Crippen molar-refractivity contribution in [1.82, 2.24) is 20.3 Å². The summed E-state index contributed by atoms with van der Waals surface area (Å²) in [7, 11) is 0. The summed E-state index contributed by atoms with van der Waals surface area (Å²) < 4.78 is 7.28. The lowest BCUT2D eigenvalue weighted by Gasteiger charge is -2.05. The average Bonchev–Trinajstić information content (AvgIpc) is 2.87. The van der Waals surface area contributed by atoms with Crippen LogP contribution in [0.25, 0.3) is 0 Å². The molecule has 0 aliphatic heterocycles. The van der Waals surface area contributed by atoms with Crippen LogP contribution >= 0.6 is 0 Å². The summed E-state index contributed by atoms with van der Waals surface area (Å²) in [4.78, 5) is 0. The number of hydrogen-bond acceptors (Lipinski definition) is 4. The summed E-state index contributed by atoms with van der Waals surface area (Å²) in [6.45, 7) is 8.38. The maximum Gasteiger partial charge on any atom is 0.119 e. The lowest BCUT2D eigenvalue weighted by atomic mass is 10.2. The lowest BCUT2D eigenvalue weighted by molar-refractivity contribution is 0.340. The van der Waals surface area contributed by atoms with Gasteiger partial charge in [-0.1, -0.05) is 31.2 Å². The van der Waals surface area contributed by atoms with E-state index < -0.39 is 0 Å². The Morgan fingerprint density at radius 2 is 2.00 bits per heavy atom. The van der Waals surface area contributed by atoms with Gasteiger partial charge in [0, 0.05) is 12.6 Å². The van der Waals surface area contributed by atoms with Crippen LogP contribution in [0.4, 0.5) is 0 Å². The minimum absolute atomic E-state index is 0.450. The first-order valence-electron chi connectivity index (χ1n) is 7.01. The topological polar surface area (TPSA) is 52.0 Å². The zero-order valence-corrected chi connectivity index (χ0v) is 12.3.